The van der Waals surface area contributed by atoms with E-state index in [0.29, 0.717) is 7.17 Å². The number of methoxy groups -OCH3 is 1. The van der Waals surface area contributed by atoms with E-state index in [1.807, 2.05) is 51.8 Å². The minimum absolute atomic E-state index is 0.0283. The predicted molar refractivity (Wildman–Crippen MR) is 196 cm³/mol. The molecule has 48 heavy (non-hydrogen) atoms. The fourth-order valence-corrected chi connectivity index (χ4v) is 12.0. The number of rotatable bonds is 18. The Morgan fingerprint density at radius 1 is 0.729 bits per heavy atom. The van der Waals surface area contributed by atoms with Crippen molar-refractivity contribution in [3.8, 4) is 0 Å². The van der Waals surface area contributed by atoms with Crippen molar-refractivity contribution in [2.24, 2.45) is 17.8 Å². The van der Waals surface area contributed by atoms with Gasteiger partial charge in [-0.25, -0.2) is 4.31 Å². The summed E-state index contributed by atoms with van der Waals surface area (Å²) < 4.78 is 110. The molecule has 0 radical (unpaired) electrons. The summed E-state index contributed by atoms with van der Waals surface area (Å²) in [6.07, 6.45) is -3.63. The molecule has 3 heterocycles. The van der Waals surface area contributed by atoms with Gasteiger partial charge in [0, 0.05) is 69.5 Å². The predicted octanol–water partition coefficient (Wildman–Crippen LogP) is -0.841. The summed E-state index contributed by atoms with van der Waals surface area (Å²) in [7, 11) is -5.26. The zero-order valence-corrected chi connectivity index (χ0v) is 33.9. The Balaban J connectivity index is 1.66. The highest BCUT2D eigenvalue weighted by Gasteiger charge is 2.49. The zero-order chi connectivity index (χ0) is 36.4. The van der Waals surface area contributed by atoms with Crippen LogP contribution in [-0.4, -0.2) is 158 Å². The summed E-state index contributed by atoms with van der Waals surface area (Å²) in [5.74, 6) is -0.291. The Morgan fingerprint density at radius 2 is 1.19 bits per heavy atom. The molecule has 0 bridgehead atoms. The quantitative estimate of drug-likeness (QED) is 0.135. The first-order chi connectivity index (χ1) is 22.0. The lowest BCUT2D eigenvalue weighted by Gasteiger charge is -2.29. The fraction of sp³-hybridized carbons (Fsp3) is 1.00. The molecular weight excluding hydrogens is 705 g/mol. The lowest BCUT2D eigenvalue weighted by atomic mass is 9.16. The van der Waals surface area contributed by atoms with Gasteiger partial charge in [0.2, 0.25) is 0 Å². The van der Waals surface area contributed by atoms with Gasteiger partial charge >= 0.3 is 30.4 Å². The van der Waals surface area contributed by atoms with E-state index in [1.54, 1.807) is 7.11 Å². The Hall–Kier alpha value is 0.870. The molecule has 0 saturated carbocycles. The fourth-order valence-electron chi connectivity index (χ4n) is 6.74. The average Bonchev–Trinajstić information content (AvgIpc) is 3.53. The van der Waals surface area contributed by atoms with Crippen LogP contribution in [0.2, 0.25) is 0 Å². The van der Waals surface area contributed by atoms with Crippen LogP contribution >= 0.6 is 30.4 Å². The minimum atomic E-state index is -4.09. The van der Waals surface area contributed by atoms with Crippen LogP contribution < -0.4 is 0 Å². The molecule has 1 N–H and O–H groups in total. The molecule has 25 heteroatoms. The Kier molecular flexibility index (Phi) is 15.6. The highest BCUT2D eigenvalue weighted by Crippen LogP contribution is 2.59. The maximum absolute atomic E-state index is 13.8. The summed E-state index contributed by atoms with van der Waals surface area (Å²) in [4.78, 5) is 9.51. The third kappa shape index (κ3) is 11.9. The molecule has 272 valence electrons. The van der Waals surface area contributed by atoms with E-state index in [1.165, 1.54) is 13.3 Å². The van der Waals surface area contributed by atoms with Crippen molar-refractivity contribution < 1.29 is 69.0 Å². The summed E-state index contributed by atoms with van der Waals surface area (Å²) in [6.45, 7) is 10.2. The molecule has 0 aromatic rings. The van der Waals surface area contributed by atoms with Gasteiger partial charge in [-0.15, -0.1) is 0 Å². The third-order valence-electron chi connectivity index (χ3n) is 9.25. The van der Waals surface area contributed by atoms with Gasteiger partial charge in [0.1, 0.15) is 39.8 Å². The smallest absolute Gasteiger partial charge is 0.334 e. The second kappa shape index (κ2) is 17.3. The lowest BCUT2D eigenvalue weighted by molar-refractivity contribution is -0.0281. The summed E-state index contributed by atoms with van der Waals surface area (Å²) in [6, 6.07) is -0.568. The number of hydrogen-bond acceptors (Lipinski definition) is 14. The van der Waals surface area contributed by atoms with Gasteiger partial charge in [-0.3, -0.25) is 18.3 Å². The second-order valence-electron chi connectivity index (χ2n) is 13.9. The molecule has 3 aliphatic rings. The SMILES string of the molecule is BBC1OC(COP(C)(=O)OC2C(COP(C)(=O)OP(C)(=O)O)OC(B(B)B)C2C)C(OP(C)(=O)OCC2OC(B)C(C)C2OC)C1C. The maximum Gasteiger partial charge on any atom is 0.334 e. The first-order valence-electron chi connectivity index (χ1n) is 16.5. The average molecular weight is 757 g/mol. The molecule has 16 unspecified atom stereocenters. The molecule has 15 nitrogen and oxygen atoms in total. The Morgan fingerprint density at radius 3 is 1.65 bits per heavy atom. The van der Waals surface area contributed by atoms with Gasteiger partial charge in [0.25, 0.3) is 0 Å². The molecule has 3 saturated heterocycles. The molecule has 0 aliphatic carbocycles. The van der Waals surface area contributed by atoms with E-state index in [4.69, 9.17) is 45.9 Å². The first kappa shape index (κ1) is 43.3. The minimum Gasteiger partial charge on any atom is -0.379 e. The van der Waals surface area contributed by atoms with Gasteiger partial charge in [-0.2, -0.15) is 0 Å². The van der Waals surface area contributed by atoms with Crippen LogP contribution in [0.5, 0.6) is 0 Å². The van der Waals surface area contributed by atoms with Crippen LogP contribution in [-0.2, 0) is 64.1 Å². The van der Waals surface area contributed by atoms with Crippen molar-refractivity contribution in [1.82, 2.24) is 0 Å². The topological polar surface area (TPSA) is 181 Å². The Bertz CT molecular complexity index is 1270. The van der Waals surface area contributed by atoms with E-state index in [-0.39, 0.29) is 68.2 Å². The Labute approximate surface area is 290 Å². The van der Waals surface area contributed by atoms with Crippen LogP contribution in [0, 0.1) is 17.8 Å². The van der Waals surface area contributed by atoms with E-state index >= 15 is 0 Å². The summed E-state index contributed by atoms with van der Waals surface area (Å²) in [5.41, 5.74) is 0. The molecule has 0 amide bonds. The number of ether oxygens (including phenoxy) is 4. The van der Waals surface area contributed by atoms with Crippen molar-refractivity contribution in [3.63, 3.8) is 0 Å². The van der Waals surface area contributed by atoms with Gasteiger partial charge in [0.05, 0.1) is 61.3 Å². The van der Waals surface area contributed by atoms with E-state index in [9.17, 15) is 23.2 Å². The standard InChI is InChI=1S/C23H52B6O15P4/c1-12-18(35-4)15(39-21(12)24)9-36-46(6,32)42-19-13(2)22(28-25)40-16(19)10-37-47(7,33)43-20-14(3)23(29(26)27)41-17(20)11-38-48(8,34)44-45(5,30)31/h12-23,28H,9-11,24-27H2,1-8H3,(H,30,31). The van der Waals surface area contributed by atoms with Crippen LogP contribution in [0.1, 0.15) is 20.8 Å². The van der Waals surface area contributed by atoms with Gasteiger partial charge in [-0.05, 0) is 0 Å². The molecule has 0 spiro atoms. The molecule has 3 rings (SSSR count). The molecule has 0 aromatic carbocycles. The van der Waals surface area contributed by atoms with Crippen molar-refractivity contribution in [2.45, 2.75) is 75.4 Å². The van der Waals surface area contributed by atoms with Crippen LogP contribution in [0.15, 0.2) is 0 Å². The van der Waals surface area contributed by atoms with Crippen molar-refractivity contribution in [1.29, 1.82) is 0 Å². The zero-order valence-electron chi connectivity index (χ0n) is 30.3. The largest absolute Gasteiger partial charge is 0.379 e. The monoisotopic (exact) mass is 758 g/mol. The van der Waals surface area contributed by atoms with Crippen LogP contribution in [0.25, 0.3) is 0 Å². The van der Waals surface area contributed by atoms with E-state index in [2.05, 4.69) is 0 Å². The van der Waals surface area contributed by atoms with Crippen molar-refractivity contribution >= 4 is 75.1 Å². The third-order valence-corrected chi connectivity index (χ3v) is 14.8. The molecule has 0 aromatic heterocycles. The van der Waals surface area contributed by atoms with Crippen molar-refractivity contribution in [3.05, 3.63) is 0 Å². The lowest BCUT2D eigenvalue weighted by Crippen LogP contribution is -2.38. The van der Waals surface area contributed by atoms with Crippen LogP contribution in [0.4, 0.5) is 0 Å². The molecular formula is C23H52B6O15P4. The van der Waals surface area contributed by atoms with Gasteiger partial charge < -0.3 is 46.5 Å². The van der Waals surface area contributed by atoms with E-state index in [0.717, 1.165) is 13.3 Å². The van der Waals surface area contributed by atoms with Crippen LogP contribution in [0.3, 0.4) is 0 Å². The highest BCUT2D eigenvalue weighted by molar-refractivity contribution is 7.66. The number of hydrogen-bond donors (Lipinski definition) is 1. The molecule has 3 aliphatic heterocycles. The first-order valence-corrected chi connectivity index (χ1v) is 24.5. The summed E-state index contributed by atoms with van der Waals surface area (Å²) >= 11 is 0. The molecule has 3 fully saturated rings. The van der Waals surface area contributed by atoms with Gasteiger partial charge in [-0.1, -0.05) is 20.8 Å². The summed E-state index contributed by atoms with van der Waals surface area (Å²) in [5, 5.41) is 0. The van der Waals surface area contributed by atoms with Crippen molar-refractivity contribution in [2.75, 3.05) is 53.6 Å². The maximum atomic E-state index is 13.8. The molecule has 16 atom stereocenters. The van der Waals surface area contributed by atoms with Gasteiger partial charge in [0.15, 0.2) is 0 Å². The normalized spacial score (nSPS) is 40.4. The van der Waals surface area contributed by atoms with E-state index < -0.39 is 60.9 Å². The second-order valence-corrected chi connectivity index (χ2v) is 22.0. The highest BCUT2D eigenvalue weighted by atomic mass is 31.3.